The number of rotatable bonds is 5. The first-order valence-corrected chi connectivity index (χ1v) is 12.7. The third-order valence-corrected chi connectivity index (χ3v) is 7.83. The van der Waals surface area contributed by atoms with Gasteiger partial charge in [-0.05, 0) is 50.8 Å². The zero-order chi connectivity index (χ0) is 25.9. The molecule has 0 radical (unpaired) electrons. The summed E-state index contributed by atoms with van der Waals surface area (Å²) in [6, 6.07) is 5.41. The number of fused-ring (bicyclic) bond motifs is 1. The summed E-state index contributed by atoms with van der Waals surface area (Å²) in [7, 11) is 0. The monoisotopic (exact) mass is 517 g/mol. The molecule has 3 aliphatic rings. The van der Waals surface area contributed by atoms with Crippen molar-refractivity contribution in [2.45, 2.75) is 62.6 Å². The topological polar surface area (TPSA) is 103 Å². The van der Waals surface area contributed by atoms with Crippen LogP contribution in [-0.4, -0.2) is 84.8 Å². The fraction of sp³-hybridized carbons (Fsp3) is 0.560. The van der Waals surface area contributed by atoms with Crippen molar-refractivity contribution < 1.29 is 23.4 Å². The lowest BCUT2D eigenvalue weighted by molar-refractivity contribution is -0.137. The first kappa shape index (κ1) is 24.4. The maximum Gasteiger partial charge on any atom is 0.416 e. The Kier molecular flexibility index (Phi) is 5.81. The van der Waals surface area contributed by atoms with Crippen molar-refractivity contribution in [2.24, 2.45) is 0 Å². The van der Waals surface area contributed by atoms with Gasteiger partial charge in [0.2, 0.25) is 5.95 Å². The van der Waals surface area contributed by atoms with Gasteiger partial charge in [-0.2, -0.15) is 28.2 Å². The number of hydrogen-bond donors (Lipinski definition) is 3. The van der Waals surface area contributed by atoms with E-state index in [1.54, 1.807) is 12.3 Å². The average Bonchev–Trinajstić information content (AvgIpc) is 3.22. The number of nitrogens with zero attached hydrogens (tertiary/aromatic N) is 6. The van der Waals surface area contributed by atoms with Gasteiger partial charge in [-0.3, -0.25) is 4.90 Å². The zero-order valence-electron chi connectivity index (χ0n) is 20.5. The molecule has 0 bridgehead atoms. The molecule has 0 spiro atoms. The van der Waals surface area contributed by atoms with E-state index in [2.05, 4.69) is 25.2 Å². The summed E-state index contributed by atoms with van der Waals surface area (Å²) in [6.07, 6.45) is -0.544. The van der Waals surface area contributed by atoms with Crippen LogP contribution in [0.5, 0.6) is 0 Å². The molecule has 3 fully saturated rings. The molecule has 1 aromatic carbocycles. The molecule has 3 N–H and O–H groups in total. The van der Waals surface area contributed by atoms with E-state index in [1.165, 1.54) is 10.7 Å². The highest BCUT2D eigenvalue weighted by molar-refractivity contribution is 5.89. The second kappa shape index (κ2) is 8.81. The number of alkyl halides is 3. The highest BCUT2D eigenvalue weighted by atomic mass is 19.4. The van der Waals surface area contributed by atoms with Crippen molar-refractivity contribution in [1.29, 1.82) is 0 Å². The summed E-state index contributed by atoms with van der Waals surface area (Å²) in [5, 5.41) is 28.3. The largest absolute Gasteiger partial charge is 0.416 e. The van der Waals surface area contributed by atoms with E-state index in [0.29, 0.717) is 41.7 Å². The summed E-state index contributed by atoms with van der Waals surface area (Å²) < 4.78 is 41.5. The Balaban J connectivity index is 1.31. The number of hydrogen-bond acceptors (Lipinski definition) is 8. The van der Waals surface area contributed by atoms with Gasteiger partial charge in [0.1, 0.15) is 5.82 Å². The van der Waals surface area contributed by atoms with E-state index in [9.17, 15) is 23.4 Å². The fourth-order valence-corrected chi connectivity index (χ4v) is 5.32. The summed E-state index contributed by atoms with van der Waals surface area (Å²) >= 11 is 0. The van der Waals surface area contributed by atoms with E-state index >= 15 is 0 Å². The molecular weight excluding hydrogens is 487 g/mol. The third kappa shape index (κ3) is 4.73. The standard InChI is InChI=1S/C25H30F3N7O2/c1-24(37)5-7-33(8-6-24)18-13-34(14-18)21-20-12-29-35(17-4-2-3-15(9-17)25(26,27)28)22(20)32-23(31-21)30-16-10-19(36)11-16/h2-4,9,12,16,18-19,36-37H,5-8,10-11,13-14H2,1H3,(H,30,31,32)/t16-,19+. The lowest BCUT2D eigenvalue weighted by Crippen LogP contribution is -2.62. The summed E-state index contributed by atoms with van der Waals surface area (Å²) in [6.45, 7) is 5.08. The fourth-order valence-electron chi connectivity index (χ4n) is 5.32. The molecule has 12 heteroatoms. The molecule has 0 atom stereocenters. The van der Waals surface area contributed by atoms with Crippen molar-refractivity contribution in [2.75, 3.05) is 36.4 Å². The second-order valence-corrected chi connectivity index (χ2v) is 10.8. The first-order valence-electron chi connectivity index (χ1n) is 12.7. The van der Waals surface area contributed by atoms with Gasteiger partial charge in [0, 0.05) is 38.3 Å². The number of anilines is 2. The Morgan fingerprint density at radius 2 is 1.84 bits per heavy atom. The Hall–Kier alpha value is -2.96. The number of aliphatic hydroxyl groups is 2. The lowest BCUT2D eigenvalue weighted by atomic mass is 9.90. The number of piperidine rings is 1. The SMILES string of the molecule is CC1(O)CCN(C2CN(c3nc(N[C@H]4C[C@@H](O)C4)nc4c3cnn4-c3cccc(C(F)(F)F)c3)C2)CC1. The van der Waals surface area contributed by atoms with Gasteiger partial charge in [-0.15, -0.1) is 0 Å². The van der Waals surface area contributed by atoms with Crippen LogP contribution in [0, 0.1) is 0 Å². The Bertz CT molecular complexity index is 1290. The normalized spacial score (nSPS) is 24.6. The maximum absolute atomic E-state index is 13.4. The van der Waals surface area contributed by atoms with Gasteiger partial charge >= 0.3 is 6.18 Å². The third-order valence-electron chi connectivity index (χ3n) is 7.83. The van der Waals surface area contributed by atoms with Crippen LogP contribution in [-0.2, 0) is 6.18 Å². The number of nitrogens with one attached hydrogen (secondary N) is 1. The van der Waals surface area contributed by atoms with Crippen LogP contribution >= 0.6 is 0 Å². The molecule has 6 rings (SSSR count). The zero-order valence-corrected chi connectivity index (χ0v) is 20.5. The van der Waals surface area contributed by atoms with E-state index in [4.69, 9.17) is 4.98 Å². The molecule has 1 saturated carbocycles. The molecule has 2 aliphatic heterocycles. The summed E-state index contributed by atoms with van der Waals surface area (Å²) in [5.74, 6) is 1.05. The van der Waals surface area contributed by atoms with Gasteiger partial charge < -0.3 is 20.4 Å². The second-order valence-electron chi connectivity index (χ2n) is 10.8. The van der Waals surface area contributed by atoms with Gasteiger partial charge in [0.05, 0.1) is 34.5 Å². The van der Waals surface area contributed by atoms with Crippen LogP contribution in [0.2, 0.25) is 0 Å². The molecule has 37 heavy (non-hydrogen) atoms. The Labute approximate surface area is 211 Å². The van der Waals surface area contributed by atoms with Crippen molar-refractivity contribution in [1.82, 2.24) is 24.6 Å². The highest BCUT2D eigenvalue weighted by Crippen LogP contribution is 2.35. The smallest absolute Gasteiger partial charge is 0.393 e. The minimum absolute atomic E-state index is 0.0375. The van der Waals surface area contributed by atoms with E-state index in [-0.39, 0.29) is 17.8 Å². The number of aromatic nitrogens is 4. The van der Waals surface area contributed by atoms with Crippen LogP contribution in [0.4, 0.5) is 24.9 Å². The van der Waals surface area contributed by atoms with Crippen LogP contribution in [0.3, 0.4) is 0 Å². The maximum atomic E-state index is 13.4. The summed E-state index contributed by atoms with van der Waals surface area (Å²) in [4.78, 5) is 13.9. The Morgan fingerprint density at radius 3 is 2.51 bits per heavy atom. The lowest BCUT2D eigenvalue weighted by Gasteiger charge is -2.49. The minimum atomic E-state index is -4.47. The van der Waals surface area contributed by atoms with Crippen LogP contribution in [0.1, 0.15) is 38.2 Å². The van der Waals surface area contributed by atoms with Crippen LogP contribution < -0.4 is 10.2 Å². The number of benzene rings is 1. The number of likely N-dealkylation sites (tertiary alicyclic amines) is 1. The van der Waals surface area contributed by atoms with E-state index in [0.717, 1.165) is 51.2 Å². The quantitative estimate of drug-likeness (QED) is 0.475. The number of aliphatic hydroxyl groups excluding tert-OH is 1. The van der Waals surface area contributed by atoms with E-state index in [1.807, 2.05) is 6.92 Å². The molecule has 2 saturated heterocycles. The molecule has 0 unspecified atom stereocenters. The molecule has 198 valence electrons. The van der Waals surface area contributed by atoms with Crippen LogP contribution in [0.25, 0.3) is 16.7 Å². The molecule has 3 aromatic rings. The Morgan fingerprint density at radius 1 is 1.11 bits per heavy atom. The summed E-state index contributed by atoms with van der Waals surface area (Å²) in [5.41, 5.74) is -0.673. The molecule has 9 nitrogen and oxygen atoms in total. The number of halogens is 3. The van der Waals surface area contributed by atoms with Gasteiger partial charge in [0.15, 0.2) is 5.65 Å². The van der Waals surface area contributed by atoms with Crippen molar-refractivity contribution in [3.8, 4) is 5.69 Å². The van der Waals surface area contributed by atoms with Crippen molar-refractivity contribution in [3.63, 3.8) is 0 Å². The molecule has 2 aromatic heterocycles. The van der Waals surface area contributed by atoms with Gasteiger partial charge in [-0.25, -0.2) is 4.68 Å². The molecule has 0 amide bonds. The predicted molar refractivity (Wildman–Crippen MR) is 132 cm³/mol. The van der Waals surface area contributed by atoms with E-state index < -0.39 is 17.3 Å². The van der Waals surface area contributed by atoms with Gasteiger partial charge in [-0.1, -0.05) is 6.07 Å². The van der Waals surface area contributed by atoms with Gasteiger partial charge in [0.25, 0.3) is 0 Å². The average molecular weight is 518 g/mol. The molecule has 1 aliphatic carbocycles. The first-order chi connectivity index (χ1) is 17.6. The molecular formula is C25H30F3N7O2. The minimum Gasteiger partial charge on any atom is -0.393 e. The van der Waals surface area contributed by atoms with Crippen LogP contribution in [0.15, 0.2) is 30.5 Å². The van der Waals surface area contributed by atoms with Crippen molar-refractivity contribution in [3.05, 3.63) is 36.0 Å². The highest BCUT2D eigenvalue weighted by Gasteiger charge is 2.38. The predicted octanol–water partition coefficient (Wildman–Crippen LogP) is 2.80. The van der Waals surface area contributed by atoms with Crippen molar-refractivity contribution >= 4 is 22.8 Å². The molecule has 4 heterocycles.